The van der Waals surface area contributed by atoms with Gasteiger partial charge in [0.1, 0.15) is 0 Å². The van der Waals surface area contributed by atoms with E-state index >= 15 is 0 Å². The lowest BCUT2D eigenvalue weighted by Crippen LogP contribution is -2.12. The fourth-order valence-corrected chi connectivity index (χ4v) is 4.02. The molecule has 2 heterocycles. The molecule has 2 aromatic rings. The zero-order valence-corrected chi connectivity index (χ0v) is 13.8. The minimum absolute atomic E-state index is 0.436. The van der Waals surface area contributed by atoms with Crippen molar-refractivity contribution in [2.75, 3.05) is 5.32 Å². The molecule has 108 valence electrons. The summed E-state index contributed by atoms with van der Waals surface area (Å²) in [5, 5.41) is 15.2. The van der Waals surface area contributed by atoms with E-state index in [1.54, 1.807) is 22.7 Å². The summed E-state index contributed by atoms with van der Waals surface area (Å²) in [5.41, 5.74) is 1.26. The topological polar surface area (TPSA) is 50.7 Å². The van der Waals surface area contributed by atoms with Crippen LogP contribution in [0, 0.1) is 0 Å². The number of aryl methyl sites for hydroxylation is 1. The molecule has 4 nitrogen and oxygen atoms in total. The Labute approximate surface area is 127 Å². The first-order chi connectivity index (χ1) is 9.71. The van der Waals surface area contributed by atoms with Crippen LogP contribution in [0.25, 0.3) is 9.88 Å². The monoisotopic (exact) mass is 308 g/mol. The molecule has 0 spiro atoms. The second-order valence-electron chi connectivity index (χ2n) is 5.32. The standard InChI is InChI=1S/C14H20N4S2/c1-4-8(3)15-14-18-17-13(20-14)12-11(9-6-7-9)16-10(5-2)19-12/h8-9H,4-7H2,1-3H3,(H,15,18). The molecule has 0 bridgehead atoms. The SMILES string of the molecule is CCc1nc(C2CC2)c(-c2nnc(NC(C)CC)s2)s1. The molecule has 0 amide bonds. The van der Waals surface area contributed by atoms with Gasteiger partial charge in [-0.3, -0.25) is 0 Å². The first kappa shape index (κ1) is 13.9. The zero-order chi connectivity index (χ0) is 14.1. The molecule has 0 aromatic carbocycles. The first-order valence-corrected chi connectivity index (χ1v) is 8.94. The highest BCUT2D eigenvalue weighted by atomic mass is 32.1. The molecule has 1 saturated carbocycles. The molecule has 1 fully saturated rings. The van der Waals surface area contributed by atoms with Crippen LogP contribution in [0.4, 0.5) is 5.13 Å². The van der Waals surface area contributed by atoms with E-state index in [0.29, 0.717) is 12.0 Å². The minimum atomic E-state index is 0.436. The van der Waals surface area contributed by atoms with Crippen molar-refractivity contribution >= 4 is 27.8 Å². The van der Waals surface area contributed by atoms with Gasteiger partial charge in [-0.25, -0.2) is 4.98 Å². The van der Waals surface area contributed by atoms with Crippen LogP contribution in [0.2, 0.25) is 0 Å². The third-order valence-electron chi connectivity index (χ3n) is 3.57. The van der Waals surface area contributed by atoms with E-state index in [4.69, 9.17) is 4.98 Å². The first-order valence-electron chi connectivity index (χ1n) is 7.31. The lowest BCUT2D eigenvalue weighted by atomic mass is 10.2. The molecule has 0 aliphatic heterocycles. The van der Waals surface area contributed by atoms with Crippen LogP contribution in [0.3, 0.4) is 0 Å². The van der Waals surface area contributed by atoms with Crippen molar-refractivity contribution in [1.82, 2.24) is 15.2 Å². The Kier molecular flexibility index (Phi) is 4.03. The van der Waals surface area contributed by atoms with E-state index < -0.39 is 0 Å². The van der Waals surface area contributed by atoms with E-state index in [2.05, 4.69) is 36.3 Å². The number of aromatic nitrogens is 3. The lowest BCUT2D eigenvalue weighted by Gasteiger charge is -2.07. The molecule has 0 saturated heterocycles. The number of nitrogens with zero attached hydrogens (tertiary/aromatic N) is 3. The van der Waals surface area contributed by atoms with Gasteiger partial charge in [-0.1, -0.05) is 25.2 Å². The molecule has 1 unspecified atom stereocenters. The fourth-order valence-electron chi connectivity index (χ4n) is 2.00. The zero-order valence-electron chi connectivity index (χ0n) is 12.1. The molecular weight excluding hydrogens is 288 g/mol. The molecule has 20 heavy (non-hydrogen) atoms. The Morgan fingerprint density at radius 2 is 2.05 bits per heavy atom. The molecule has 6 heteroatoms. The summed E-state index contributed by atoms with van der Waals surface area (Å²) < 4.78 is 0. The van der Waals surface area contributed by atoms with Crippen LogP contribution in [0.1, 0.15) is 56.7 Å². The number of anilines is 1. The highest BCUT2D eigenvalue weighted by Crippen LogP contribution is 2.47. The summed E-state index contributed by atoms with van der Waals surface area (Å²) >= 11 is 3.44. The van der Waals surface area contributed by atoms with Gasteiger partial charge >= 0.3 is 0 Å². The molecule has 0 radical (unpaired) electrons. The second kappa shape index (κ2) is 5.77. The maximum atomic E-state index is 4.79. The van der Waals surface area contributed by atoms with E-state index in [1.165, 1.54) is 28.4 Å². The van der Waals surface area contributed by atoms with Gasteiger partial charge in [0, 0.05) is 12.0 Å². The van der Waals surface area contributed by atoms with Crippen LogP contribution in [-0.4, -0.2) is 21.2 Å². The number of rotatable bonds is 6. The molecule has 2 aromatic heterocycles. The van der Waals surface area contributed by atoms with Crippen molar-refractivity contribution in [3.05, 3.63) is 10.7 Å². The van der Waals surface area contributed by atoms with Gasteiger partial charge in [-0.2, -0.15) is 0 Å². The number of thiazole rings is 1. The van der Waals surface area contributed by atoms with Crippen molar-refractivity contribution in [3.8, 4) is 9.88 Å². The average Bonchev–Trinajstić information content (AvgIpc) is 3.05. The van der Waals surface area contributed by atoms with Gasteiger partial charge < -0.3 is 5.32 Å². The second-order valence-corrected chi connectivity index (χ2v) is 7.38. The van der Waals surface area contributed by atoms with Gasteiger partial charge in [0.15, 0.2) is 5.01 Å². The number of nitrogens with one attached hydrogen (secondary N) is 1. The maximum absolute atomic E-state index is 4.79. The molecule has 1 atom stereocenters. The van der Waals surface area contributed by atoms with Crippen molar-refractivity contribution in [2.24, 2.45) is 0 Å². The van der Waals surface area contributed by atoms with Crippen molar-refractivity contribution in [3.63, 3.8) is 0 Å². The Balaban J connectivity index is 1.87. The van der Waals surface area contributed by atoms with Gasteiger partial charge in [-0.15, -0.1) is 21.5 Å². The maximum Gasteiger partial charge on any atom is 0.206 e. The third kappa shape index (κ3) is 2.86. The third-order valence-corrected chi connectivity index (χ3v) is 5.79. The van der Waals surface area contributed by atoms with Gasteiger partial charge in [0.2, 0.25) is 5.13 Å². The minimum Gasteiger partial charge on any atom is -0.358 e. The van der Waals surface area contributed by atoms with Crippen LogP contribution in [0.5, 0.6) is 0 Å². The van der Waals surface area contributed by atoms with Crippen LogP contribution >= 0.6 is 22.7 Å². The van der Waals surface area contributed by atoms with E-state index in [-0.39, 0.29) is 0 Å². The molecule has 1 aliphatic carbocycles. The summed E-state index contributed by atoms with van der Waals surface area (Å²) in [6, 6.07) is 0.436. The Bertz CT molecular complexity index is 586. The van der Waals surface area contributed by atoms with Gasteiger partial charge in [0.05, 0.1) is 15.6 Å². The Hall–Kier alpha value is -1.01. The largest absolute Gasteiger partial charge is 0.358 e. The summed E-state index contributed by atoms with van der Waals surface area (Å²) in [4.78, 5) is 6.04. The smallest absolute Gasteiger partial charge is 0.206 e. The van der Waals surface area contributed by atoms with Crippen LogP contribution < -0.4 is 5.32 Å². The molecule has 1 aliphatic rings. The van der Waals surface area contributed by atoms with Crippen molar-refractivity contribution < 1.29 is 0 Å². The summed E-state index contributed by atoms with van der Waals surface area (Å²) in [7, 11) is 0. The Morgan fingerprint density at radius 1 is 1.25 bits per heavy atom. The summed E-state index contributed by atoms with van der Waals surface area (Å²) in [5.74, 6) is 0.663. The summed E-state index contributed by atoms with van der Waals surface area (Å²) in [6.07, 6.45) is 4.64. The molecule has 3 rings (SSSR count). The van der Waals surface area contributed by atoms with E-state index in [9.17, 15) is 0 Å². The molecule has 1 N–H and O–H groups in total. The average molecular weight is 308 g/mol. The fraction of sp³-hybridized carbons (Fsp3) is 0.643. The van der Waals surface area contributed by atoms with Gasteiger partial charge in [0.25, 0.3) is 0 Å². The summed E-state index contributed by atoms with van der Waals surface area (Å²) in [6.45, 7) is 6.50. The predicted octanol–water partition coefficient (Wildman–Crippen LogP) is 4.31. The lowest BCUT2D eigenvalue weighted by molar-refractivity contribution is 0.760. The van der Waals surface area contributed by atoms with E-state index in [1.807, 2.05) is 0 Å². The number of hydrogen-bond donors (Lipinski definition) is 1. The van der Waals surface area contributed by atoms with E-state index in [0.717, 1.165) is 23.0 Å². The normalized spacial score (nSPS) is 16.4. The van der Waals surface area contributed by atoms with Crippen molar-refractivity contribution in [2.45, 2.75) is 58.4 Å². The highest BCUT2D eigenvalue weighted by Gasteiger charge is 2.31. The quantitative estimate of drug-likeness (QED) is 0.864. The van der Waals surface area contributed by atoms with Crippen LogP contribution in [0.15, 0.2) is 0 Å². The highest BCUT2D eigenvalue weighted by molar-refractivity contribution is 7.23. The van der Waals surface area contributed by atoms with Crippen LogP contribution in [-0.2, 0) is 6.42 Å². The number of hydrogen-bond acceptors (Lipinski definition) is 6. The van der Waals surface area contributed by atoms with Gasteiger partial charge in [-0.05, 0) is 32.6 Å². The van der Waals surface area contributed by atoms with Crippen molar-refractivity contribution in [1.29, 1.82) is 0 Å². The molecular formula is C14H20N4S2. The predicted molar refractivity (Wildman–Crippen MR) is 85.7 cm³/mol. The Morgan fingerprint density at radius 3 is 2.70 bits per heavy atom.